The van der Waals surface area contributed by atoms with Crippen LogP contribution in [0.3, 0.4) is 0 Å². The third-order valence-electron chi connectivity index (χ3n) is 6.20. The first kappa shape index (κ1) is 24.7. The van der Waals surface area contributed by atoms with Crippen LogP contribution in [0.15, 0.2) is 73.8 Å². The molecular formula is C27H21F2N11. The van der Waals surface area contributed by atoms with Gasteiger partial charge in [-0.2, -0.15) is 0 Å². The van der Waals surface area contributed by atoms with Gasteiger partial charge in [0.15, 0.2) is 22.9 Å². The Morgan fingerprint density at radius 2 is 1.52 bits per heavy atom. The van der Waals surface area contributed by atoms with Gasteiger partial charge in [-0.3, -0.25) is 0 Å². The standard InChI is InChI=1S/C22H16F2N6.C5H5N5/c1-12(29-22-20-21(26-10-25-20)27-11-28-22)17-8-13-5-6-16(24)9-18(13)30-19(17)14-3-2-4-15(23)7-14;6-4-3-5(9-1-7-3)10-2-8-4/h2-12H,1H3,(H2,25,26,27,28,29);1-2H,(H3,6,7,8,9,10)/t12-;/m0./s1. The molecule has 5 heterocycles. The van der Waals surface area contributed by atoms with Crippen LogP contribution in [0.25, 0.3) is 44.5 Å². The molecule has 0 aliphatic heterocycles. The van der Waals surface area contributed by atoms with E-state index in [9.17, 15) is 8.78 Å². The number of pyridine rings is 1. The minimum absolute atomic E-state index is 0.244. The van der Waals surface area contributed by atoms with Gasteiger partial charge in [0.05, 0.1) is 29.9 Å². The van der Waals surface area contributed by atoms with Crippen molar-refractivity contribution in [3.63, 3.8) is 0 Å². The Morgan fingerprint density at radius 3 is 2.30 bits per heavy atom. The topological polar surface area (TPSA) is 160 Å². The van der Waals surface area contributed by atoms with Crippen molar-refractivity contribution < 1.29 is 8.78 Å². The molecule has 0 aliphatic rings. The largest absolute Gasteiger partial charge is 0.382 e. The first-order valence-electron chi connectivity index (χ1n) is 12.1. The van der Waals surface area contributed by atoms with Crippen LogP contribution in [0.4, 0.5) is 20.4 Å². The van der Waals surface area contributed by atoms with Crippen LogP contribution < -0.4 is 11.1 Å². The van der Waals surface area contributed by atoms with E-state index in [4.69, 9.17) is 5.73 Å². The smallest absolute Gasteiger partial charge is 0.182 e. The van der Waals surface area contributed by atoms with E-state index in [1.807, 2.05) is 13.0 Å². The lowest BCUT2D eigenvalue weighted by Crippen LogP contribution is -2.11. The molecule has 0 fully saturated rings. The number of imidazole rings is 2. The third-order valence-corrected chi connectivity index (χ3v) is 6.20. The van der Waals surface area contributed by atoms with Crippen molar-refractivity contribution in [2.45, 2.75) is 13.0 Å². The van der Waals surface area contributed by atoms with Crippen LogP contribution in [0.1, 0.15) is 18.5 Å². The fourth-order valence-corrected chi connectivity index (χ4v) is 4.29. The van der Waals surface area contributed by atoms with E-state index in [1.54, 1.807) is 24.5 Å². The van der Waals surface area contributed by atoms with E-state index in [0.29, 0.717) is 50.7 Å². The molecular weight excluding hydrogens is 516 g/mol. The van der Waals surface area contributed by atoms with Crippen molar-refractivity contribution in [3.05, 3.63) is 91.0 Å². The number of aromatic amines is 2. The zero-order valence-corrected chi connectivity index (χ0v) is 21.0. The average molecular weight is 538 g/mol. The number of halogens is 2. The summed E-state index contributed by atoms with van der Waals surface area (Å²) in [6, 6.07) is 12.3. The lowest BCUT2D eigenvalue weighted by Gasteiger charge is -2.19. The van der Waals surface area contributed by atoms with Crippen LogP contribution in [-0.4, -0.2) is 44.9 Å². The molecule has 11 nitrogen and oxygen atoms in total. The highest BCUT2D eigenvalue weighted by atomic mass is 19.1. The summed E-state index contributed by atoms with van der Waals surface area (Å²) < 4.78 is 27.7. The second-order valence-corrected chi connectivity index (χ2v) is 8.82. The number of hydrogen-bond acceptors (Lipinski definition) is 9. The van der Waals surface area contributed by atoms with Gasteiger partial charge in [0.2, 0.25) is 0 Å². The molecule has 13 heteroatoms. The number of nitrogens with two attached hydrogens (primary N) is 1. The summed E-state index contributed by atoms with van der Waals surface area (Å²) in [6.45, 7) is 1.96. The maximum Gasteiger partial charge on any atom is 0.182 e. The molecule has 0 unspecified atom stereocenters. The highest BCUT2D eigenvalue weighted by molar-refractivity contribution is 5.85. The molecule has 0 amide bonds. The minimum atomic E-state index is -0.373. The summed E-state index contributed by atoms with van der Waals surface area (Å²) in [5, 5.41) is 4.14. The summed E-state index contributed by atoms with van der Waals surface area (Å²) >= 11 is 0. The zero-order chi connectivity index (χ0) is 27.6. The Labute approximate surface area is 225 Å². The van der Waals surface area contributed by atoms with Crippen molar-refractivity contribution in [2.24, 2.45) is 0 Å². The average Bonchev–Trinajstić information content (AvgIpc) is 3.64. The predicted molar refractivity (Wildman–Crippen MR) is 147 cm³/mol. The molecule has 5 N–H and O–H groups in total. The number of nitrogen functional groups attached to an aromatic ring is 1. The molecule has 0 aliphatic carbocycles. The monoisotopic (exact) mass is 537 g/mol. The Morgan fingerprint density at radius 1 is 0.800 bits per heavy atom. The third kappa shape index (κ3) is 4.82. The molecule has 7 aromatic rings. The number of nitrogens with one attached hydrogen (secondary N) is 3. The van der Waals surface area contributed by atoms with Crippen LogP contribution >= 0.6 is 0 Å². The van der Waals surface area contributed by atoms with Crippen LogP contribution in [0, 0.1) is 11.6 Å². The molecule has 1 atom stereocenters. The van der Waals surface area contributed by atoms with Gasteiger partial charge in [-0.1, -0.05) is 12.1 Å². The molecule has 0 spiro atoms. The molecule has 2 aromatic carbocycles. The van der Waals surface area contributed by atoms with E-state index >= 15 is 0 Å². The van der Waals surface area contributed by atoms with Crippen molar-refractivity contribution in [3.8, 4) is 11.3 Å². The minimum Gasteiger partial charge on any atom is -0.382 e. The summed E-state index contributed by atoms with van der Waals surface area (Å²) in [7, 11) is 0. The zero-order valence-electron chi connectivity index (χ0n) is 21.0. The number of rotatable bonds is 4. The highest BCUT2D eigenvalue weighted by Gasteiger charge is 2.18. The van der Waals surface area contributed by atoms with Gasteiger partial charge >= 0.3 is 0 Å². The van der Waals surface area contributed by atoms with Crippen molar-refractivity contribution in [1.82, 2.24) is 44.9 Å². The first-order valence-corrected chi connectivity index (χ1v) is 12.1. The second-order valence-electron chi connectivity index (χ2n) is 8.82. The normalized spacial score (nSPS) is 11.9. The van der Waals surface area contributed by atoms with Gasteiger partial charge in [0.1, 0.15) is 35.3 Å². The Balaban J connectivity index is 0.000000242. The quantitative estimate of drug-likeness (QED) is 0.243. The van der Waals surface area contributed by atoms with Crippen molar-refractivity contribution >= 4 is 44.9 Å². The molecule has 40 heavy (non-hydrogen) atoms. The van der Waals surface area contributed by atoms with Gasteiger partial charge in [-0.05, 0) is 37.3 Å². The van der Waals surface area contributed by atoms with E-state index in [1.165, 1.54) is 43.2 Å². The van der Waals surface area contributed by atoms with E-state index in [2.05, 4.69) is 50.2 Å². The van der Waals surface area contributed by atoms with E-state index in [-0.39, 0.29) is 17.7 Å². The molecule has 7 rings (SSSR count). The lowest BCUT2D eigenvalue weighted by atomic mass is 9.98. The predicted octanol–water partition coefficient (Wildman–Crippen LogP) is 4.95. The molecule has 5 aromatic heterocycles. The van der Waals surface area contributed by atoms with Crippen LogP contribution in [0.5, 0.6) is 0 Å². The van der Waals surface area contributed by atoms with Crippen LogP contribution in [-0.2, 0) is 0 Å². The van der Waals surface area contributed by atoms with Gasteiger partial charge in [0.25, 0.3) is 0 Å². The molecule has 0 saturated heterocycles. The SMILES string of the molecule is C[C@H](Nc1ncnc2nc[nH]c12)c1cc2ccc(F)cc2nc1-c1cccc(F)c1.Nc1ncnc2nc[nH]c12. The molecule has 0 radical (unpaired) electrons. The maximum absolute atomic E-state index is 13.9. The van der Waals surface area contributed by atoms with Crippen molar-refractivity contribution in [1.29, 1.82) is 0 Å². The van der Waals surface area contributed by atoms with Gasteiger partial charge < -0.3 is 21.0 Å². The first-order chi connectivity index (χ1) is 19.5. The van der Waals surface area contributed by atoms with Gasteiger partial charge in [0, 0.05) is 22.6 Å². The lowest BCUT2D eigenvalue weighted by molar-refractivity contribution is 0.628. The number of nitrogens with zero attached hydrogens (tertiary/aromatic N) is 7. The summed E-state index contributed by atoms with van der Waals surface area (Å²) in [5.41, 5.74) is 10.5. The number of hydrogen-bond donors (Lipinski definition) is 4. The number of aromatic nitrogens is 9. The van der Waals surface area contributed by atoms with Crippen molar-refractivity contribution in [2.75, 3.05) is 11.1 Å². The van der Waals surface area contributed by atoms with Gasteiger partial charge in [-0.15, -0.1) is 0 Å². The number of fused-ring (bicyclic) bond motifs is 3. The Bertz CT molecular complexity index is 1970. The second kappa shape index (κ2) is 10.3. The summed E-state index contributed by atoms with van der Waals surface area (Å²) in [6.07, 6.45) is 5.92. The maximum atomic E-state index is 13.9. The fourth-order valence-electron chi connectivity index (χ4n) is 4.29. The molecule has 0 saturated carbocycles. The van der Waals surface area contributed by atoms with E-state index in [0.717, 1.165) is 10.9 Å². The number of benzene rings is 2. The number of H-pyrrole nitrogens is 2. The Kier molecular flexibility index (Phi) is 6.36. The highest BCUT2D eigenvalue weighted by Crippen LogP contribution is 2.32. The Hall–Kier alpha value is -5.59. The molecule has 198 valence electrons. The fraction of sp³-hybridized carbons (Fsp3) is 0.0741. The summed E-state index contributed by atoms with van der Waals surface area (Å²) in [5.74, 6) is 0.286. The molecule has 0 bridgehead atoms. The van der Waals surface area contributed by atoms with E-state index < -0.39 is 0 Å². The number of anilines is 2. The van der Waals surface area contributed by atoms with Crippen LogP contribution in [0.2, 0.25) is 0 Å². The van der Waals surface area contributed by atoms with Gasteiger partial charge in [-0.25, -0.2) is 43.7 Å². The summed E-state index contributed by atoms with van der Waals surface area (Å²) in [4.78, 5) is 34.6.